The SMILES string of the molecule is Cc1cc(/C(N)=N/O)nc(Oc2cc(Br)ccc2Cl)n1. The van der Waals surface area contributed by atoms with Crippen molar-refractivity contribution in [2.24, 2.45) is 10.9 Å². The molecule has 0 aliphatic rings. The van der Waals surface area contributed by atoms with Crippen LogP contribution in [0.4, 0.5) is 0 Å². The first-order valence-corrected chi connectivity index (χ1v) is 6.63. The van der Waals surface area contributed by atoms with E-state index in [2.05, 4.69) is 31.1 Å². The first-order chi connectivity index (χ1) is 9.49. The van der Waals surface area contributed by atoms with Crippen LogP contribution in [0.25, 0.3) is 0 Å². The maximum absolute atomic E-state index is 8.67. The van der Waals surface area contributed by atoms with Crippen molar-refractivity contribution in [3.8, 4) is 11.8 Å². The summed E-state index contributed by atoms with van der Waals surface area (Å²) < 4.78 is 6.34. The molecule has 0 radical (unpaired) electrons. The van der Waals surface area contributed by atoms with E-state index in [1.54, 1.807) is 31.2 Å². The molecule has 6 nitrogen and oxygen atoms in total. The normalized spacial score (nSPS) is 11.4. The Hall–Kier alpha value is -1.86. The van der Waals surface area contributed by atoms with E-state index in [9.17, 15) is 0 Å². The minimum atomic E-state index is -0.124. The zero-order valence-electron chi connectivity index (χ0n) is 10.3. The third kappa shape index (κ3) is 3.37. The molecule has 0 amide bonds. The number of ether oxygens (including phenoxy) is 1. The van der Waals surface area contributed by atoms with Gasteiger partial charge in [-0.2, -0.15) is 4.98 Å². The number of oxime groups is 1. The highest BCUT2D eigenvalue weighted by Gasteiger charge is 2.10. The zero-order valence-corrected chi connectivity index (χ0v) is 12.7. The Balaban J connectivity index is 2.38. The number of amidine groups is 1. The Labute approximate surface area is 128 Å². The van der Waals surface area contributed by atoms with Crippen LogP contribution in [0.3, 0.4) is 0 Å². The van der Waals surface area contributed by atoms with Crippen LogP contribution in [0.2, 0.25) is 5.02 Å². The van der Waals surface area contributed by atoms with E-state index >= 15 is 0 Å². The lowest BCUT2D eigenvalue weighted by atomic mass is 10.3. The third-order valence-electron chi connectivity index (χ3n) is 2.30. The van der Waals surface area contributed by atoms with Gasteiger partial charge in [0.25, 0.3) is 0 Å². The fraction of sp³-hybridized carbons (Fsp3) is 0.0833. The molecule has 20 heavy (non-hydrogen) atoms. The molecule has 0 aliphatic carbocycles. The summed E-state index contributed by atoms with van der Waals surface area (Å²) in [6.45, 7) is 1.74. The van der Waals surface area contributed by atoms with Crippen molar-refractivity contribution in [3.05, 3.63) is 45.1 Å². The first-order valence-electron chi connectivity index (χ1n) is 5.46. The number of nitrogens with zero attached hydrogens (tertiary/aromatic N) is 3. The highest BCUT2D eigenvalue weighted by atomic mass is 79.9. The maximum Gasteiger partial charge on any atom is 0.322 e. The molecule has 0 fully saturated rings. The molecule has 2 aromatic rings. The monoisotopic (exact) mass is 356 g/mol. The van der Waals surface area contributed by atoms with E-state index in [0.29, 0.717) is 16.5 Å². The second-order valence-electron chi connectivity index (χ2n) is 3.84. The van der Waals surface area contributed by atoms with Crippen molar-refractivity contribution in [2.75, 3.05) is 0 Å². The van der Waals surface area contributed by atoms with E-state index in [4.69, 9.17) is 27.3 Å². The minimum absolute atomic E-state index is 0.0617. The summed E-state index contributed by atoms with van der Waals surface area (Å²) in [6.07, 6.45) is 0. The van der Waals surface area contributed by atoms with Crippen molar-refractivity contribution < 1.29 is 9.94 Å². The summed E-state index contributed by atoms with van der Waals surface area (Å²) in [5, 5.41) is 12.0. The summed E-state index contributed by atoms with van der Waals surface area (Å²) in [5.41, 5.74) is 6.38. The summed E-state index contributed by atoms with van der Waals surface area (Å²) in [7, 11) is 0. The van der Waals surface area contributed by atoms with Gasteiger partial charge in [-0.05, 0) is 31.2 Å². The second kappa shape index (κ2) is 6.06. The summed E-state index contributed by atoms with van der Waals surface area (Å²) in [5.74, 6) is 0.276. The van der Waals surface area contributed by atoms with Crippen LogP contribution in [-0.4, -0.2) is 21.0 Å². The third-order valence-corrected chi connectivity index (χ3v) is 3.10. The highest BCUT2D eigenvalue weighted by molar-refractivity contribution is 9.10. The molecule has 0 atom stereocenters. The molecular formula is C12H10BrClN4O2. The van der Waals surface area contributed by atoms with Crippen molar-refractivity contribution in [2.45, 2.75) is 6.92 Å². The van der Waals surface area contributed by atoms with Gasteiger partial charge in [0.1, 0.15) is 5.69 Å². The fourth-order valence-corrected chi connectivity index (χ4v) is 1.92. The second-order valence-corrected chi connectivity index (χ2v) is 5.16. The van der Waals surface area contributed by atoms with Crippen molar-refractivity contribution in [3.63, 3.8) is 0 Å². The lowest BCUT2D eigenvalue weighted by Gasteiger charge is -2.08. The van der Waals surface area contributed by atoms with Gasteiger partial charge in [-0.15, -0.1) is 0 Å². The molecule has 0 spiro atoms. The largest absolute Gasteiger partial charge is 0.423 e. The van der Waals surface area contributed by atoms with Gasteiger partial charge in [-0.25, -0.2) is 4.98 Å². The first kappa shape index (κ1) is 14.5. The molecule has 0 saturated carbocycles. The van der Waals surface area contributed by atoms with Crippen molar-refractivity contribution in [1.29, 1.82) is 0 Å². The molecule has 0 unspecified atom stereocenters. The Kier molecular flexibility index (Phi) is 4.41. The van der Waals surface area contributed by atoms with Gasteiger partial charge in [-0.1, -0.05) is 32.7 Å². The smallest absolute Gasteiger partial charge is 0.322 e. The molecule has 2 rings (SSSR count). The Bertz CT molecular complexity index is 679. The van der Waals surface area contributed by atoms with E-state index in [1.807, 2.05) is 0 Å². The molecule has 0 saturated heterocycles. The lowest BCUT2D eigenvalue weighted by Crippen LogP contribution is -2.16. The van der Waals surface area contributed by atoms with Crippen LogP contribution in [0.15, 0.2) is 33.9 Å². The van der Waals surface area contributed by atoms with Gasteiger partial charge in [0.2, 0.25) is 0 Å². The Morgan fingerprint density at radius 3 is 2.85 bits per heavy atom. The van der Waals surface area contributed by atoms with E-state index in [1.165, 1.54) is 0 Å². The van der Waals surface area contributed by atoms with Gasteiger partial charge in [-0.3, -0.25) is 0 Å². The molecule has 104 valence electrons. The molecule has 8 heteroatoms. The highest BCUT2D eigenvalue weighted by Crippen LogP contribution is 2.30. The van der Waals surface area contributed by atoms with E-state index < -0.39 is 0 Å². The van der Waals surface area contributed by atoms with Crippen molar-refractivity contribution >= 4 is 33.4 Å². The molecule has 1 aromatic heterocycles. The van der Waals surface area contributed by atoms with Crippen LogP contribution in [0.5, 0.6) is 11.8 Å². The predicted octanol–water partition coefficient (Wildman–Crippen LogP) is 3.09. The van der Waals surface area contributed by atoms with Crippen LogP contribution >= 0.6 is 27.5 Å². The van der Waals surface area contributed by atoms with Gasteiger partial charge in [0.15, 0.2) is 11.6 Å². The Morgan fingerprint density at radius 2 is 2.15 bits per heavy atom. The summed E-state index contributed by atoms with van der Waals surface area (Å²) in [4.78, 5) is 8.16. The number of hydrogen-bond donors (Lipinski definition) is 2. The Morgan fingerprint density at radius 1 is 1.40 bits per heavy atom. The number of benzene rings is 1. The van der Waals surface area contributed by atoms with E-state index in [0.717, 1.165) is 4.47 Å². The summed E-state index contributed by atoms with van der Waals surface area (Å²) >= 11 is 9.35. The topological polar surface area (TPSA) is 93.6 Å². The van der Waals surface area contributed by atoms with Gasteiger partial charge in [0, 0.05) is 10.2 Å². The minimum Gasteiger partial charge on any atom is -0.423 e. The van der Waals surface area contributed by atoms with Crippen molar-refractivity contribution in [1.82, 2.24) is 9.97 Å². The van der Waals surface area contributed by atoms with Crippen LogP contribution in [0.1, 0.15) is 11.4 Å². The number of rotatable bonds is 3. The van der Waals surface area contributed by atoms with E-state index in [-0.39, 0.29) is 17.5 Å². The summed E-state index contributed by atoms with van der Waals surface area (Å²) in [6, 6.07) is 6.79. The number of aryl methyl sites for hydroxylation is 1. The average Bonchev–Trinajstić information content (AvgIpc) is 2.41. The fourth-order valence-electron chi connectivity index (χ4n) is 1.42. The molecule has 0 bridgehead atoms. The maximum atomic E-state index is 8.67. The van der Waals surface area contributed by atoms with Crippen LogP contribution in [-0.2, 0) is 0 Å². The molecule has 1 heterocycles. The number of hydrogen-bond acceptors (Lipinski definition) is 5. The number of nitrogens with two attached hydrogens (primary N) is 1. The van der Waals surface area contributed by atoms with Crippen LogP contribution < -0.4 is 10.5 Å². The predicted molar refractivity (Wildman–Crippen MR) is 78.5 cm³/mol. The quantitative estimate of drug-likeness (QED) is 0.381. The molecular weight excluding hydrogens is 348 g/mol. The number of halogens is 2. The molecule has 0 aliphatic heterocycles. The van der Waals surface area contributed by atoms with Gasteiger partial charge in [0.05, 0.1) is 5.02 Å². The number of aromatic nitrogens is 2. The lowest BCUT2D eigenvalue weighted by molar-refractivity contribution is 0.318. The standard InChI is InChI=1S/C12H10BrClN4O2/c1-6-4-9(11(15)18-19)17-12(16-6)20-10-5-7(13)2-3-8(10)14/h2-5,19H,1H3,(H2,15,18). The van der Waals surface area contributed by atoms with Gasteiger partial charge < -0.3 is 15.7 Å². The zero-order chi connectivity index (χ0) is 14.7. The van der Waals surface area contributed by atoms with Gasteiger partial charge >= 0.3 is 6.01 Å². The molecule has 3 N–H and O–H groups in total. The van der Waals surface area contributed by atoms with Crippen LogP contribution in [0, 0.1) is 6.92 Å². The molecule has 1 aromatic carbocycles. The average molecular weight is 358 g/mol.